The summed E-state index contributed by atoms with van der Waals surface area (Å²) in [7, 11) is 0. The Morgan fingerprint density at radius 3 is 2.86 bits per heavy atom. The molecule has 0 radical (unpaired) electrons. The molecule has 3 aromatic rings. The van der Waals surface area contributed by atoms with Gasteiger partial charge in [0.05, 0.1) is 10.8 Å². The fourth-order valence-electron chi connectivity index (χ4n) is 3.86. The first kappa shape index (κ1) is 18.2. The lowest BCUT2D eigenvalue weighted by atomic mass is 9.77. The average Bonchev–Trinajstić information content (AvgIpc) is 3.09. The molecule has 28 heavy (non-hydrogen) atoms. The molecule has 0 aliphatic carbocycles. The first-order chi connectivity index (χ1) is 13.5. The molecular formula is C20H24N6O2. The molecule has 1 fully saturated rings. The van der Waals surface area contributed by atoms with Gasteiger partial charge in [0.2, 0.25) is 5.91 Å². The molecule has 1 aliphatic heterocycles. The molecule has 0 unspecified atom stereocenters. The van der Waals surface area contributed by atoms with Crippen molar-refractivity contribution in [2.45, 2.75) is 19.8 Å². The summed E-state index contributed by atoms with van der Waals surface area (Å²) in [6, 6.07) is 6.55. The molecule has 0 spiro atoms. The van der Waals surface area contributed by atoms with Crippen molar-refractivity contribution in [2.24, 2.45) is 11.1 Å². The second-order valence-corrected chi connectivity index (χ2v) is 7.37. The van der Waals surface area contributed by atoms with E-state index in [1.54, 1.807) is 24.5 Å². The van der Waals surface area contributed by atoms with Gasteiger partial charge in [0.25, 0.3) is 0 Å². The van der Waals surface area contributed by atoms with Crippen molar-refractivity contribution < 1.29 is 9.90 Å². The third-order valence-corrected chi connectivity index (χ3v) is 5.64. The highest BCUT2D eigenvalue weighted by Gasteiger charge is 2.41. The molecule has 8 heteroatoms. The summed E-state index contributed by atoms with van der Waals surface area (Å²) in [4.78, 5) is 27.1. The quantitative estimate of drug-likeness (QED) is 0.550. The summed E-state index contributed by atoms with van der Waals surface area (Å²) < 4.78 is 0. The molecule has 2 aromatic heterocycles. The second kappa shape index (κ2) is 7.12. The zero-order valence-electron chi connectivity index (χ0n) is 15.8. The number of aryl methyl sites for hydroxylation is 1. The van der Waals surface area contributed by atoms with Crippen molar-refractivity contribution in [3.05, 3.63) is 42.4 Å². The van der Waals surface area contributed by atoms with Gasteiger partial charge in [-0.25, -0.2) is 9.97 Å². The van der Waals surface area contributed by atoms with Crippen LogP contribution in [-0.4, -0.2) is 45.6 Å². The molecule has 3 heterocycles. The molecule has 1 saturated heterocycles. The number of hydrogen-bond acceptors (Lipinski definition) is 6. The predicted octanol–water partition coefficient (Wildman–Crippen LogP) is 2.16. The summed E-state index contributed by atoms with van der Waals surface area (Å²) in [5.41, 5.74) is 7.90. The van der Waals surface area contributed by atoms with E-state index in [0.717, 1.165) is 22.4 Å². The van der Waals surface area contributed by atoms with Crippen molar-refractivity contribution in [1.29, 1.82) is 0 Å². The number of fused-ring (bicyclic) bond motifs is 1. The van der Waals surface area contributed by atoms with Gasteiger partial charge in [-0.15, -0.1) is 0 Å². The van der Waals surface area contributed by atoms with Gasteiger partial charge in [-0.1, -0.05) is 6.07 Å². The number of H-pyrrole nitrogens is 1. The van der Waals surface area contributed by atoms with Gasteiger partial charge in [0, 0.05) is 37.6 Å². The minimum Gasteiger partial charge on any atom is -0.508 e. The Balaban J connectivity index is 1.52. The van der Waals surface area contributed by atoms with Crippen LogP contribution in [0.4, 0.5) is 11.5 Å². The summed E-state index contributed by atoms with van der Waals surface area (Å²) in [5.74, 6) is 0.901. The molecule has 1 amide bonds. The molecule has 0 bridgehead atoms. The van der Waals surface area contributed by atoms with Crippen LogP contribution in [0.25, 0.3) is 11.0 Å². The molecule has 1 aliphatic rings. The highest BCUT2D eigenvalue weighted by Crippen LogP contribution is 2.36. The van der Waals surface area contributed by atoms with Gasteiger partial charge in [-0.3, -0.25) is 4.79 Å². The Labute approximate surface area is 162 Å². The van der Waals surface area contributed by atoms with Crippen LogP contribution in [0.5, 0.6) is 5.75 Å². The fourth-order valence-corrected chi connectivity index (χ4v) is 3.86. The first-order valence-corrected chi connectivity index (χ1v) is 9.37. The lowest BCUT2D eigenvalue weighted by Crippen LogP contribution is -2.50. The number of carbonyl (C=O) groups excluding carboxylic acids is 1. The number of nitrogens with zero attached hydrogens (tertiary/aromatic N) is 3. The van der Waals surface area contributed by atoms with E-state index in [9.17, 15) is 9.90 Å². The largest absolute Gasteiger partial charge is 0.508 e. The van der Waals surface area contributed by atoms with Crippen LogP contribution in [0.15, 0.2) is 36.8 Å². The molecule has 4 rings (SSSR count). The topological polar surface area (TPSA) is 120 Å². The number of hydrogen-bond donors (Lipinski definition) is 4. The monoisotopic (exact) mass is 380 g/mol. The van der Waals surface area contributed by atoms with E-state index in [-0.39, 0.29) is 18.2 Å². The average molecular weight is 380 g/mol. The SMILES string of the molecule is Cc1c[nH]c2ncnc(N3CCC(CN)(C(=O)Nc4cccc(O)c4)CC3)c12. The Morgan fingerprint density at radius 1 is 1.36 bits per heavy atom. The molecular weight excluding hydrogens is 356 g/mol. The minimum absolute atomic E-state index is 0.106. The van der Waals surface area contributed by atoms with Crippen LogP contribution in [0.1, 0.15) is 18.4 Å². The van der Waals surface area contributed by atoms with Gasteiger partial charge in [-0.2, -0.15) is 0 Å². The van der Waals surface area contributed by atoms with Crippen LogP contribution in [0, 0.1) is 12.3 Å². The number of rotatable bonds is 4. The van der Waals surface area contributed by atoms with Crippen molar-refractivity contribution >= 4 is 28.4 Å². The smallest absolute Gasteiger partial charge is 0.232 e. The van der Waals surface area contributed by atoms with Gasteiger partial charge in [-0.05, 0) is 37.5 Å². The number of benzene rings is 1. The van der Waals surface area contributed by atoms with Gasteiger partial charge < -0.3 is 26.0 Å². The first-order valence-electron chi connectivity index (χ1n) is 9.37. The number of aromatic nitrogens is 3. The van der Waals surface area contributed by atoms with E-state index in [0.29, 0.717) is 31.6 Å². The Kier molecular flexibility index (Phi) is 4.64. The number of anilines is 2. The highest BCUT2D eigenvalue weighted by atomic mass is 16.3. The zero-order valence-corrected chi connectivity index (χ0v) is 15.8. The standard InChI is InChI=1S/C20H24N6O2/c1-13-10-22-17-16(13)18(24-12-23-17)26-7-5-20(11-21,6-8-26)19(28)25-14-3-2-4-15(27)9-14/h2-4,9-10,12,27H,5-8,11,21H2,1H3,(H,25,28)(H,22,23,24). The Bertz CT molecular complexity index is 1010. The lowest BCUT2D eigenvalue weighted by Gasteiger charge is -2.40. The van der Waals surface area contributed by atoms with Crippen LogP contribution >= 0.6 is 0 Å². The van der Waals surface area contributed by atoms with Crippen molar-refractivity contribution in [3.8, 4) is 5.75 Å². The van der Waals surface area contributed by atoms with E-state index in [4.69, 9.17) is 5.73 Å². The maximum Gasteiger partial charge on any atom is 0.232 e. The number of piperidine rings is 1. The van der Waals surface area contributed by atoms with Crippen molar-refractivity contribution in [3.63, 3.8) is 0 Å². The van der Waals surface area contributed by atoms with Crippen molar-refractivity contribution in [2.75, 3.05) is 29.9 Å². The molecule has 5 N–H and O–H groups in total. The highest BCUT2D eigenvalue weighted by molar-refractivity contribution is 5.96. The van der Waals surface area contributed by atoms with Crippen LogP contribution < -0.4 is 16.0 Å². The minimum atomic E-state index is -0.638. The molecule has 8 nitrogen and oxygen atoms in total. The third kappa shape index (κ3) is 3.16. The number of nitrogens with one attached hydrogen (secondary N) is 2. The third-order valence-electron chi connectivity index (χ3n) is 5.64. The Hall–Kier alpha value is -3.13. The van der Waals surface area contributed by atoms with E-state index in [1.807, 2.05) is 13.1 Å². The second-order valence-electron chi connectivity index (χ2n) is 7.37. The number of carbonyl (C=O) groups is 1. The van der Waals surface area contributed by atoms with Crippen LogP contribution in [0.3, 0.4) is 0 Å². The number of aromatic hydroxyl groups is 1. The number of phenolic OH excluding ortho intramolecular Hbond substituents is 1. The van der Waals surface area contributed by atoms with E-state index >= 15 is 0 Å². The summed E-state index contributed by atoms with van der Waals surface area (Å²) in [6.45, 7) is 3.67. The van der Waals surface area contributed by atoms with E-state index in [2.05, 4.69) is 25.2 Å². The maximum absolute atomic E-state index is 13.0. The summed E-state index contributed by atoms with van der Waals surface area (Å²) >= 11 is 0. The molecule has 0 saturated carbocycles. The number of amides is 1. The van der Waals surface area contributed by atoms with Gasteiger partial charge >= 0.3 is 0 Å². The molecule has 146 valence electrons. The zero-order chi connectivity index (χ0) is 19.7. The Morgan fingerprint density at radius 2 is 2.14 bits per heavy atom. The summed E-state index contributed by atoms with van der Waals surface area (Å²) in [5, 5.41) is 13.5. The maximum atomic E-state index is 13.0. The van der Waals surface area contributed by atoms with Crippen molar-refractivity contribution in [1.82, 2.24) is 15.0 Å². The lowest BCUT2D eigenvalue weighted by molar-refractivity contribution is -0.126. The summed E-state index contributed by atoms with van der Waals surface area (Å²) in [6.07, 6.45) is 4.75. The van der Waals surface area contributed by atoms with Crippen LogP contribution in [0.2, 0.25) is 0 Å². The van der Waals surface area contributed by atoms with Gasteiger partial charge in [0.15, 0.2) is 0 Å². The molecule has 1 aromatic carbocycles. The molecule has 0 atom stereocenters. The number of aromatic amines is 1. The van der Waals surface area contributed by atoms with Crippen LogP contribution in [-0.2, 0) is 4.79 Å². The van der Waals surface area contributed by atoms with E-state index in [1.165, 1.54) is 6.07 Å². The number of nitrogens with two attached hydrogens (primary N) is 1. The predicted molar refractivity (Wildman–Crippen MR) is 108 cm³/mol. The number of phenols is 1. The fraction of sp³-hybridized carbons (Fsp3) is 0.350. The van der Waals surface area contributed by atoms with E-state index < -0.39 is 5.41 Å². The normalized spacial score (nSPS) is 16.3. The van der Waals surface area contributed by atoms with Gasteiger partial charge in [0.1, 0.15) is 23.5 Å².